The van der Waals surface area contributed by atoms with Gasteiger partial charge in [0.05, 0.1) is 0 Å². The Labute approximate surface area is 101 Å². The molecule has 12 heteroatoms. The van der Waals surface area contributed by atoms with Crippen molar-refractivity contribution in [1.82, 2.24) is 0 Å². The smallest absolute Gasteiger partial charge is 0.380 e. The molecule has 1 atom stereocenters. The summed E-state index contributed by atoms with van der Waals surface area (Å²) in [5.41, 5.74) is -5.46. The van der Waals surface area contributed by atoms with Crippen LogP contribution >= 0.6 is 0 Å². The number of halogens is 9. The quantitative estimate of drug-likeness (QED) is 0.532. The molecule has 0 bridgehead atoms. The van der Waals surface area contributed by atoms with Crippen molar-refractivity contribution >= 4 is 20.2 Å². The highest BCUT2D eigenvalue weighted by Gasteiger charge is 2.81. The zero-order valence-corrected chi connectivity index (χ0v) is 12.1. The van der Waals surface area contributed by atoms with Crippen LogP contribution in [0.3, 0.4) is 0 Å². The number of hydrogen-bond donors (Lipinski definition) is 0. The average molecular weight is 323 g/mol. The SMILES string of the molecule is CC(F)C(F)(F)C(F)(F)C(F)(F)C(F)(F)[SiH]O[SiH3]. The van der Waals surface area contributed by atoms with Crippen LogP contribution < -0.4 is 0 Å². The first-order valence-corrected chi connectivity index (χ1v) is 6.14. The second kappa shape index (κ2) is 5.04. The molecular formula is C6H8F9OSi2. The van der Waals surface area contributed by atoms with E-state index in [0.29, 0.717) is 0 Å². The van der Waals surface area contributed by atoms with Gasteiger partial charge in [-0.15, -0.1) is 0 Å². The molecule has 0 aromatic rings. The molecule has 0 aliphatic carbocycles. The van der Waals surface area contributed by atoms with Crippen LogP contribution in [-0.2, 0) is 4.12 Å². The lowest BCUT2D eigenvalue weighted by Crippen LogP contribution is -2.66. The molecule has 1 radical (unpaired) electrons. The lowest BCUT2D eigenvalue weighted by atomic mass is 10.0. The van der Waals surface area contributed by atoms with Gasteiger partial charge in [-0.05, 0) is 6.92 Å². The number of hydrogen-bond acceptors (Lipinski definition) is 1. The van der Waals surface area contributed by atoms with Gasteiger partial charge in [0.25, 0.3) is 9.76 Å². The van der Waals surface area contributed by atoms with Gasteiger partial charge < -0.3 is 4.12 Å². The third-order valence-electron chi connectivity index (χ3n) is 2.00. The largest absolute Gasteiger partial charge is 0.462 e. The Kier molecular flexibility index (Phi) is 4.97. The minimum atomic E-state index is -6.54. The highest BCUT2D eigenvalue weighted by Crippen LogP contribution is 2.53. The highest BCUT2D eigenvalue weighted by atomic mass is 28.3. The van der Waals surface area contributed by atoms with Crippen molar-refractivity contribution < 1.29 is 43.6 Å². The molecular weight excluding hydrogens is 315 g/mol. The van der Waals surface area contributed by atoms with Crippen LogP contribution in [0.1, 0.15) is 6.92 Å². The molecule has 18 heavy (non-hydrogen) atoms. The summed E-state index contributed by atoms with van der Waals surface area (Å²) in [5.74, 6) is -18.9. The summed E-state index contributed by atoms with van der Waals surface area (Å²) < 4.78 is 118. The first-order chi connectivity index (χ1) is 7.75. The van der Waals surface area contributed by atoms with Crippen LogP contribution in [0.15, 0.2) is 0 Å². The molecule has 109 valence electrons. The third-order valence-corrected chi connectivity index (χ3v) is 3.60. The Hall–Kier alpha value is -0.236. The van der Waals surface area contributed by atoms with Gasteiger partial charge in [0.15, 0.2) is 6.17 Å². The maximum atomic E-state index is 12.8. The monoisotopic (exact) mass is 323 g/mol. The Morgan fingerprint density at radius 2 is 1.33 bits per heavy atom. The van der Waals surface area contributed by atoms with Gasteiger partial charge in [-0.2, -0.15) is 26.3 Å². The fourth-order valence-corrected chi connectivity index (χ4v) is 2.40. The van der Waals surface area contributed by atoms with Crippen molar-refractivity contribution in [3.63, 3.8) is 0 Å². The predicted octanol–water partition coefficient (Wildman–Crippen LogP) is 1.49. The molecule has 0 saturated heterocycles. The number of rotatable bonds is 6. The van der Waals surface area contributed by atoms with Crippen molar-refractivity contribution in [3.05, 3.63) is 0 Å². The molecule has 0 aromatic heterocycles. The van der Waals surface area contributed by atoms with Crippen LogP contribution in [0.25, 0.3) is 0 Å². The van der Waals surface area contributed by atoms with E-state index < -0.39 is 49.7 Å². The summed E-state index contributed by atoms with van der Waals surface area (Å²) in [6.07, 6.45) is -3.72. The van der Waals surface area contributed by atoms with Gasteiger partial charge in [0.1, 0.15) is 10.5 Å². The molecule has 0 rings (SSSR count). The fraction of sp³-hybridized carbons (Fsp3) is 1.00. The average Bonchev–Trinajstić information content (AvgIpc) is 2.16. The second-order valence-corrected chi connectivity index (χ2v) is 6.21. The molecule has 0 fully saturated rings. The first kappa shape index (κ1) is 17.8. The van der Waals surface area contributed by atoms with Gasteiger partial charge in [-0.1, -0.05) is 0 Å². The standard InChI is InChI=1S/C6H8F9OSi2/c1-2(7)3(8,9)4(10,11)5(12,13)6(14,15)18-16-17/h2,18H,1,17H3. The zero-order valence-electron chi connectivity index (χ0n) is 8.96. The minimum Gasteiger partial charge on any atom is -0.462 e. The molecule has 0 aliphatic heterocycles. The van der Waals surface area contributed by atoms with Gasteiger partial charge >= 0.3 is 23.3 Å². The summed E-state index contributed by atoms with van der Waals surface area (Å²) in [7, 11) is -3.40. The maximum absolute atomic E-state index is 12.8. The lowest BCUT2D eigenvalue weighted by Gasteiger charge is -2.36. The van der Waals surface area contributed by atoms with E-state index in [0.717, 1.165) is 0 Å². The van der Waals surface area contributed by atoms with Crippen molar-refractivity contribution in [2.24, 2.45) is 0 Å². The molecule has 0 aromatic carbocycles. The normalized spacial score (nSPS) is 17.0. The van der Waals surface area contributed by atoms with Crippen molar-refractivity contribution in [1.29, 1.82) is 0 Å². The Morgan fingerprint density at radius 3 is 1.61 bits per heavy atom. The fourth-order valence-electron chi connectivity index (χ4n) is 0.890. The Morgan fingerprint density at radius 1 is 0.944 bits per heavy atom. The summed E-state index contributed by atoms with van der Waals surface area (Å²) in [6.45, 7) is -0.127. The van der Waals surface area contributed by atoms with E-state index >= 15 is 0 Å². The summed E-state index contributed by atoms with van der Waals surface area (Å²) in [6, 6.07) is 0. The topological polar surface area (TPSA) is 9.23 Å². The molecule has 0 N–H and O–H groups in total. The van der Waals surface area contributed by atoms with Gasteiger partial charge in [0, 0.05) is 0 Å². The molecule has 0 amide bonds. The predicted molar refractivity (Wildman–Crippen MR) is 48.5 cm³/mol. The van der Waals surface area contributed by atoms with E-state index in [1.54, 1.807) is 0 Å². The summed E-state index contributed by atoms with van der Waals surface area (Å²) in [5, 5.41) is 0. The van der Waals surface area contributed by atoms with Crippen molar-refractivity contribution in [2.75, 3.05) is 0 Å². The van der Waals surface area contributed by atoms with Crippen molar-refractivity contribution in [2.45, 2.75) is 36.4 Å². The molecule has 1 nitrogen and oxygen atoms in total. The molecule has 0 aliphatic rings. The van der Waals surface area contributed by atoms with E-state index in [2.05, 4.69) is 4.12 Å². The zero-order chi connectivity index (χ0) is 15.0. The van der Waals surface area contributed by atoms with Crippen LogP contribution in [0, 0.1) is 0 Å². The van der Waals surface area contributed by atoms with E-state index in [1.807, 2.05) is 0 Å². The molecule has 0 saturated carbocycles. The van der Waals surface area contributed by atoms with Crippen LogP contribution in [-0.4, -0.2) is 49.7 Å². The van der Waals surface area contributed by atoms with Crippen LogP contribution in [0.2, 0.25) is 0 Å². The summed E-state index contributed by atoms with van der Waals surface area (Å²) >= 11 is 0. The van der Waals surface area contributed by atoms with Crippen LogP contribution in [0.5, 0.6) is 0 Å². The Balaban J connectivity index is 5.58. The Bertz CT molecular complexity index is 293. The van der Waals surface area contributed by atoms with Gasteiger partial charge in [-0.3, -0.25) is 0 Å². The lowest BCUT2D eigenvalue weighted by molar-refractivity contribution is -0.359. The highest BCUT2D eigenvalue weighted by molar-refractivity contribution is 6.37. The molecule has 0 heterocycles. The molecule has 0 spiro atoms. The third kappa shape index (κ3) is 2.54. The summed E-state index contributed by atoms with van der Waals surface area (Å²) in [4.78, 5) is 0. The number of alkyl halides is 9. The van der Waals surface area contributed by atoms with Crippen LogP contribution in [0.4, 0.5) is 39.5 Å². The first-order valence-electron chi connectivity index (χ1n) is 4.28. The van der Waals surface area contributed by atoms with E-state index in [9.17, 15) is 39.5 Å². The maximum Gasteiger partial charge on any atom is 0.380 e. The minimum absolute atomic E-state index is 0.127. The second-order valence-electron chi connectivity index (χ2n) is 3.36. The molecule has 1 unspecified atom stereocenters. The van der Waals surface area contributed by atoms with Gasteiger partial charge in [0.2, 0.25) is 0 Å². The van der Waals surface area contributed by atoms with E-state index in [1.165, 1.54) is 0 Å². The van der Waals surface area contributed by atoms with Crippen molar-refractivity contribution in [3.8, 4) is 0 Å². The van der Waals surface area contributed by atoms with E-state index in [4.69, 9.17) is 0 Å². The van der Waals surface area contributed by atoms with E-state index in [-0.39, 0.29) is 6.92 Å². The van der Waals surface area contributed by atoms with Gasteiger partial charge in [-0.25, -0.2) is 13.2 Å².